The van der Waals surface area contributed by atoms with Crippen molar-refractivity contribution in [1.29, 1.82) is 0 Å². The first-order valence-electron chi connectivity index (χ1n) is 8.06. The number of piperazine rings is 1. The van der Waals surface area contributed by atoms with Crippen molar-refractivity contribution in [3.8, 4) is 0 Å². The van der Waals surface area contributed by atoms with Crippen molar-refractivity contribution in [2.45, 2.75) is 19.8 Å². The van der Waals surface area contributed by atoms with Crippen molar-refractivity contribution in [2.24, 2.45) is 5.92 Å². The molecule has 110 valence electrons. The molecule has 0 bridgehead atoms. The van der Waals surface area contributed by atoms with E-state index < -0.39 is 0 Å². The molecule has 1 atom stereocenters. The van der Waals surface area contributed by atoms with Crippen molar-refractivity contribution >= 4 is 5.69 Å². The average Bonchev–Trinajstić information content (AvgIpc) is 2.49. The van der Waals surface area contributed by atoms with Crippen molar-refractivity contribution < 1.29 is 0 Å². The molecule has 0 aromatic heterocycles. The highest BCUT2D eigenvalue weighted by atomic mass is 15.3. The smallest absolute Gasteiger partial charge is 0.0369 e. The van der Waals surface area contributed by atoms with E-state index in [1.807, 2.05) is 0 Å². The van der Waals surface area contributed by atoms with Gasteiger partial charge in [0.05, 0.1) is 0 Å². The zero-order valence-corrected chi connectivity index (χ0v) is 12.6. The van der Waals surface area contributed by atoms with Gasteiger partial charge in [-0.05, 0) is 56.5 Å². The number of nitrogens with zero attached hydrogens (tertiary/aromatic N) is 2. The number of nitrogens with one attached hydrogen (secondary N) is 1. The largest absolute Gasteiger partial charge is 0.369 e. The zero-order valence-electron chi connectivity index (χ0n) is 12.6. The third-order valence-electron chi connectivity index (χ3n) is 4.65. The monoisotopic (exact) mass is 273 g/mol. The molecule has 0 aliphatic carbocycles. The van der Waals surface area contributed by atoms with E-state index in [9.17, 15) is 0 Å². The summed E-state index contributed by atoms with van der Waals surface area (Å²) in [6, 6.07) is 8.90. The van der Waals surface area contributed by atoms with Crippen LogP contribution in [0.3, 0.4) is 0 Å². The van der Waals surface area contributed by atoms with Crippen LogP contribution in [0.15, 0.2) is 24.3 Å². The normalized spacial score (nSPS) is 24.9. The predicted molar refractivity (Wildman–Crippen MR) is 85.4 cm³/mol. The molecule has 1 unspecified atom stereocenters. The maximum Gasteiger partial charge on any atom is 0.0369 e. The van der Waals surface area contributed by atoms with Gasteiger partial charge in [-0.3, -0.25) is 4.90 Å². The van der Waals surface area contributed by atoms with Gasteiger partial charge in [0.25, 0.3) is 0 Å². The number of rotatable bonds is 3. The van der Waals surface area contributed by atoms with E-state index in [-0.39, 0.29) is 0 Å². The van der Waals surface area contributed by atoms with Crippen LogP contribution < -0.4 is 10.2 Å². The zero-order chi connectivity index (χ0) is 13.8. The summed E-state index contributed by atoms with van der Waals surface area (Å²) in [5.41, 5.74) is 2.75. The van der Waals surface area contributed by atoms with Gasteiger partial charge >= 0.3 is 0 Å². The Balaban J connectivity index is 1.49. The average molecular weight is 273 g/mol. The molecule has 2 fully saturated rings. The molecule has 20 heavy (non-hydrogen) atoms. The summed E-state index contributed by atoms with van der Waals surface area (Å²) in [4.78, 5) is 5.19. The van der Waals surface area contributed by atoms with Gasteiger partial charge in [-0.2, -0.15) is 0 Å². The molecule has 2 aliphatic rings. The summed E-state index contributed by atoms with van der Waals surface area (Å²) in [7, 11) is 0. The number of anilines is 1. The van der Waals surface area contributed by atoms with E-state index >= 15 is 0 Å². The third kappa shape index (κ3) is 3.53. The maximum absolute atomic E-state index is 3.53. The van der Waals surface area contributed by atoms with E-state index in [1.165, 1.54) is 69.9 Å². The fourth-order valence-corrected chi connectivity index (χ4v) is 3.46. The van der Waals surface area contributed by atoms with Gasteiger partial charge in [0, 0.05) is 38.4 Å². The summed E-state index contributed by atoms with van der Waals surface area (Å²) in [5, 5.41) is 3.53. The lowest BCUT2D eigenvalue weighted by Crippen LogP contribution is -2.49. The molecule has 1 aromatic rings. The minimum absolute atomic E-state index is 0.870. The Morgan fingerprint density at radius 1 is 1.20 bits per heavy atom. The van der Waals surface area contributed by atoms with Crippen molar-refractivity contribution in [3.05, 3.63) is 29.8 Å². The quantitative estimate of drug-likeness (QED) is 0.910. The van der Waals surface area contributed by atoms with Crippen LogP contribution in [0.1, 0.15) is 18.4 Å². The van der Waals surface area contributed by atoms with E-state index in [0.717, 1.165) is 5.92 Å². The Kier molecular flexibility index (Phi) is 4.58. The topological polar surface area (TPSA) is 18.5 Å². The number of hydrogen-bond acceptors (Lipinski definition) is 3. The highest BCUT2D eigenvalue weighted by Gasteiger charge is 2.21. The van der Waals surface area contributed by atoms with Crippen molar-refractivity contribution in [1.82, 2.24) is 10.2 Å². The fraction of sp³-hybridized carbons (Fsp3) is 0.647. The Morgan fingerprint density at radius 2 is 2.05 bits per heavy atom. The van der Waals surface area contributed by atoms with Gasteiger partial charge in [-0.15, -0.1) is 0 Å². The second-order valence-electron chi connectivity index (χ2n) is 6.34. The fourth-order valence-electron chi connectivity index (χ4n) is 3.46. The lowest BCUT2D eigenvalue weighted by atomic mass is 9.99. The Labute approximate surface area is 123 Å². The van der Waals surface area contributed by atoms with Crippen LogP contribution in [0.4, 0.5) is 5.69 Å². The van der Waals surface area contributed by atoms with Crippen LogP contribution in [0.25, 0.3) is 0 Å². The van der Waals surface area contributed by atoms with Crippen molar-refractivity contribution in [3.63, 3.8) is 0 Å². The van der Waals surface area contributed by atoms with Crippen LogP contribution in [0.2, 0.25) is 0 Å². The molecule has 2 saturated heterocycles. The third-order valence-corrected chi connectivity index (χ3v) is 4.65. The van der Waals surface area contributed by atoms with Crippen LogP contribution in [-0.4, -0.2) is 50.7 Å². The molecule has 3 nitrogen and oxygen atoms in total. The Hall–Kier alpha value is -1.06. The Bertz CT molecular complexity index is 418. The molecule has 1 N–H and O–H groups in total. The first-order chi connectivity index (χ1) is 9.81. The summed E-state index contributed by atoms with van der Waals surface area (Å²) < 4.78 is 0. The number of aryl methyl sites for hydroxylation is 1. The minimum atomic E-state index is 0.870. The summed E-state index contributed by atoms with van der Waals surface area (Å²) in [6.07, 6.45) is 2.76. The lowest BCUT2D eigenvalue weighted by molar-refractivity contribution is 0.199. The number of hydrogen-bond donors (Lipinski definition) is 1. The summed E-state index contributed by atoms with van der Waals surface area (Å²) in [5.74, 6) is 0.870. The van der Waals surface area contributed by atoms with Gasteiger partial charge in [0.15, 0.2) is 0 Å². The highest BCUT2D eigenvalue weighted by molar-refractivity contribution is 5.48. The Morgan fingerprint density at radius 3 is 2.75 bits per heavy atom. The van der Waals surface area contributed by atoms with Gasteiger partial charge in [-0.1, -0.05) is 12.1 Å². The van der Waals surface area contributed by atoms with Crippen LogP contribution in [0.5, 0.6) is 0 Å². The molecule has 3 rings (SSSR count). The molecule has 1 aromatic carbocycles. The van der Waals surface area contributed by atoms with Crippen LogP contribution in [0, 0.1) is 12.8 Å². The first-order valence-corrected chi connectivity index (χ1v) is 8.06. The van der Waals surface area contributed by atoms with Gasteiger partial charge in [-0.25, -0.2) is 0 Å². The van der Waals surface area contributed by atoms with Gasteiger partial charge in [0.2, 0.25) is 0 Å². The minimum Gasteiger partial charge on any atom is -0.369 e. The molecule has 2 aliphatic heterocycles. The van der Waals surface area contributed by atoms with E-state index in [2.05, 4.69) is 46.3 Å². The molecule has 0 spiro atoms. The summed E-state index contributed by atoms with van der Waals surface area (Å²) >= 11 is 0. The second kappa shape index (κ2) is 6.59. The first kappa shape index (κ1) is 13.9. The lowest BCUT2D eigenvalue weighted by Gasteiger charge is -2.38. The molecule has 3 heteroatoms. The van der Waals surface area contributed by atoms with E-state index in [4.69, 9.17) is 0 Å². The summed E-state index contributed by atoms with van der Waals surface area (Å²) in [6.45, 7) is 10.7. The second-order valence-corrected chi connectivity index (χ2v) is 6.34. The number of piperidine rings is 1. The molecule has 0 radical (unpaired) electrons. The molecular weight excluding hydrogens is 246 g/mol. The molecule has 2 heterocycles. The van der Waals surface area contributed by atoms with E-state index in [0.29, 0.717) is 0 Å². The standard InChI is InChI=1S/C17H27N3/c1-15-4-2-6-17(12-15)20-10-8-19(9-11-20)14-16-5-3-7-18-13-16/h2,4,6,12,16,18H,3,5,7-11,13-14H2,1H3. The predicted octanol–water partition coefficient (Wildman–Crippen LogP) is 2.12. The van der Waals surface area contributed by atoms with Crippen LogP contribution >= 0.6 is 0 Å². The van der Waals surface area contributed by atoms with Crippen molar-refractivity contribution in [2.75, 3.05) is 50.7 Å². The van der Waals surface area contributed by atoms with E-state index in [1.54, 1.807) is 0 Å². The number of benzene rings is 1. The SMILES string of the molecule is Cc1cccc(N2CCN(CC3CCCNC3)CC2)c1. The highest BCUT2D eigenvalue weighted by Crippen LogP contribution is 2.19. The molecule has 0 amide bonds. The van der Waals surface area contributed by atoms with Gasteiger partial charge < -0.3 is 10.2 Å². The molecular formula is C17H27N3. The van der Waals surface area contributed by atoms with Crippen LogP contribution in [-0.2, 0) is 0 Å². The maximum atomic E-state index is 3.53. The van der Waals surface area contributed by atoms with Gasteiger partial charge in [0.1, 0.15) is 0 Å². The molecule has 0 saturated carbocycles.